The van der Waals surface area contributed by atoms with Crippen molar-refractivity contribution >= 4 is 27.3 Å². The standard InChI is InChI=1S/C17H20N2O3S2/c20-17(18-12-15-7-5-11-23-15)14-6-4-10-19(13-14)24(21,22)16-8-2-1-3-9-16/h1-3,5,7-9,11,14H,4,6,10,12-13H2,(H,18,20)/t14-/m1/s1. The predicted molar refractivity (Wildman–Crippen MR) is 94.1 cm³/mol. The fourth-order valence-corrected chi connectivity index (χ4v) is 5.04. The van der Waals surface area contributed by atoms with Gasteiger partial charge in [-0.1, -0.05) is 24.3 Å². The van der Waals surface area contributed by atoms with Crippen LogP contribution in [0.25, 0.3) is 0 Å². The van der Waals surface area contributed by atoms with Crippen LogP contribution in [0.5, 0.6) is 0 Å². The fraction of sp³-hybridized carbons (Fsp3) is 0.353. The summed E-state index contributed by atoms with van der Waals surface area (Å²) in [6.07, 6.45) is 1.42. The first-order chi connectivity index (χ1) is 11.6. The van der Waals surface area contributed by atoms with E-state index in [1.54, 1.807) is 41.7 Å². The van der Waals surface area contributed by atoms with E-state index in [0.717, 1.165) is 11.3 Å². The van der Waals surface area contributed by atoms with Gasteiger partial charge >= 0.3 is 0 Å². The lowest BCUT2D eigenvalue weighted by molar-refractivity contribution is -0.126. The normalized spacial score (nSPS) is 19.1. The highest BCUT2D eigenvalue weighted by molar-refractivity contribution is 7.89. The Labute approximate surface area is 146 Å². The van der Waals surface area contributed by atoms with E-state index in [4.69, 9.17) is 0 Å². The number of nitrogens with zero attached hydrogens (tertiary/aromatic N) is 1. The summed E-state index contributed by atoms with van der Waals surface area (Å²) in [6, 6.07) is 12.3. The number of nitrogens with one attached hydrogen (secondary N) is 1. The van der Waals surface area contributed by atoms with E-state index < -0.39 is 10.0 Å². The Bertz CT molecular complexity index is 773. The largest absolute Gasteiger partial charge is 0.351 e. The summed E-state index contributed by atoms with van der Waals surface area (Å²) < 4.78 is 26.8. The number of carbonyl (C=O) groups excluding carboxylic acids is 1. The maximum Gasteiger partial charge on any atom is 0.243 e. The topological polar surface area (TPSA) is 66.5 Å². The van der Waals surface area contributed by atoms with E-state index in [1.165, 1.54) is 4.31 Å². The molecule has 1 aromatic heterocycles. The molecule has 2 heterocycles. The number of piperidine rings is 1. The third-order valence-electron chi connectivity index (χ3n) is 4.15. The number of hydrogen-bond acceptors (Lipinski definition) is 4. The number of rotatable bonds is 5. The molecular formula is C17H20N2O3S2. The van der Waals surface area contributed by atoms with E-state index in [0.29, 0.717) is 19.5 Å². The molecule has 24 heavy (non-hydrogen) atoms. The van der Waals surface area contributed by atoms with Crippen molar-refractivity contribution in [2.75, 3.05) is 13.1 Å². The second-order valence-electron chi connectivity index (χ2n) is 5.81. The molecule has 1 amide bonds. The van der Waals surface area contributed by atoms with Gasteiger partial charge in [-0.2, -0.15) is 4.31 Å². The van der Waals surface area contributed by atoms with Crippen molar-refractivity contribution in [3.8, 4) is 0 Å². The van der Waals surface area contributed by atoms with Gasteiger partial charge in [0.05, 0.1) is 17.4 Å². The molecule has 2 aromatic rings. The van der Waals surface area contributed by atoms with Gasteiger partial charge in [-0.15, -0.1) is 11.3 Å². The molecule has 0 spiro atoms. The Morgan fingerprint density at radius 2 is 2.00 bits per heavy atom. The third-order valence-corrected chi connectivity index (χ3v) is 6.91. The summed E-state index contributed by atoms with van der Waals surface area (Å²) in [5.41, 5.74) is 0. The van der Waals surface area contributed by atoms with Gasteiger partial charge in [-0.3, -0.25) is 4.79 Å². The van der Waals surface area contributed by atoms with E-state index in [9.17, 15) is 13.2 Å². The maximum atomic E-state index is 12.7. The SMILES string of the molecule is O=C(NCc1cccs1)[C@@H]1CCCN(S(=O)(=O)c2ccccc2)C1. The van der Waals surface area contributed by atoms with Gasteiger partial charge in [0.2, 0.25) is 15.9 Å². The Morgan fingerprint density at radius 1 is 1.21 bits per heavy atom. The summed E-state index contributed by atoms with van der Waals surface area (Å²) in [5, 5.41) is 4.89. The van der Waals surface area contributed by atoms with Crippen LogP contribution >= 0.6 is 11.3 Å². The Morgan fingerprint density at radius 3 is 2.71 bits per heavy atom. The smallest absolute Gasteiger partial charge is 0.243 e. The molecule has 1 aromatic carbocycles. The number of carbonyl (C=O) groups is 1. The average Bonchev–Trinajstić information content (AvgIpc) is 3.14. The Hall–Kier alpha value is -1.70. The first-order valence-electron chi connectivity index (χ1n) is 7.92. The highest BCUT2D eigenvalue weighted by Crippen LogP contribution is 2.24. The minimum Gasteiger partial charge on any atom is -0.351 e. The third kappa shape index (κ3) is 3.85. The molecule has 128 valence electrons. The lowest BCUT2D eigenvalue weighted by Gasteiger charge is -2.31. The van der Waals surface area contributed by atoms with Crippen LogP contribution in [0, 0.1) is 5.92 Å². The van der Waals surface area contributed by atoms with Gasteiger partial charge in [0, 0.05) is 18.0 Å². The minimum atomic E-state index is -3.53. The van der Waals surface area contributed by atoms with Gasteiger partial charge < -0.3 is 5.32 Å². The van der Waals surface area contributed by atoms with Crippen LogP contribution in [-0.2, 0) is 21.4 Å². The zero-order chi connectivity index (χ0) is 17.0. The molecule has 1 aliphatic rings. The van der Waals surface area contributed by atoms with Crippen LogP contribution in [-0.4, -0.2) is 31.7 Å². The Balaban J connectivity index is 1.64. The molecule has 1 atom stereocenters. The summed E-state index contributed by atoms with van der Waals surface area (Å²) in [7, 11) is -3.53. The van der Waals surface area contributed by atoms with Crippen LogP contribution in [0.15, 0.2) is 52.7 Å². The minimum absolute atomic E-state index is 0.0728. The van der Waals surface area contributed by atoms with Crippen LogP contribution < -0.4 is 5.32 Å². The highest BCUT2D eigenvalue weighted by Gasteiger charge is 2.33. The number of hydrogen-bond donors (Lipinski definition) is 1. The molecule has 1 N–H and O–H groups in total. The number of amides is 1. The summed E-state index contributed by atoms with van der Waals surface area (Å²) in [6.45, 7) is 1.21. The lowest BCUT2D eigenvalue weighted by Crippen LogP contribution is -2.45. The molecule has 1 saturated heterocycles. The van der Waals surface area contributed by atoms with Gasteiger partial charge in [0.25, 0.3) is 0 Å². The van der Waals surface area contributed by atoms with Crippen molar-refractivity contribution < 1.29 is 13.2 Å². The Kier molecular flexibility index (Phi) is 5.33. The lowest BCUT2D eigenvalue weighted by atomic mass is 9.99. The molecule has 0 unspecified atom stereocenters. The second kappa shape index (κ2) is 7.46. The van der Waals surface area contributed by atoms with E-state index >= 15 is 0 Å². The molecule has 0 saturated carbocycles. The summed E-state index contributed by atoms with van der Waals surface area (Å²) in [4.78, 5) is 13.7. The van der Waals surface area contributed by atoms with Gasteiger partial charge in [0.15, 0.2) is 0 Å². The molecule has 1 aliphatic heterocycles. The highest BCUT2D eigenvalue weighted by atomic mass is 32.2. The van der Waals surface area contributed by atoms with Crippen LogP contribution in [0.2, 0.25) is 0 Å². The molecular weight excluding hydrogens is 344 g/mol. The second-order valence-corrected chi connectivity index (χ2v) is 8.78. The van der Waals surface area contributed by atoms with Gasteiger partial charge in [-0.25, -0.2) is 8.42 Å². The monoisotopic (exact) mass is 364 g/mol. The van der Waals surface area contributed by atoms with E-state index in [2.05, 4.69) is 5.32 Å². The fourth-order valence-electron chi connectivity index (χ4n) is 2.85. The van der Waals surface area contributed by atoms with Gasteiger partial charge in [-0.05, 0) is 36.4 Å². The van der Waals surface area contributed by atoms with E-state index in [-0.39, 0.29) is 23.3 Å². The average molecular weight is 364 g/mol. The van der Waals surface area contributed by atoms with Crippen molar-refractivity contribution in [3.05, 3.63) is 52.7 Å². The molecule has 3 rings (SSSR count). The number of benzene rings is 1. The van der Waals surface area contributed by atoms with Crippen LogP contribution in [0.1, 0.15) is 17.7 Å². The summed E-state index contributed by atoms with van der Waals surface area (Å²) >= 11 is 1.59. The van der Waals surface area contributed by atoms with Crippen molar-refractivity contribution in [1.29, 1.82) is 0 Å². The molecule has 0 aliphatic carbocycles. The zero-order valence-corrected chi connectivity index (χ0v) is 14.9. The molecule has 0 bridgehead atoms. The molecule has 0 radical (unpaired) electrons. The van der Waals surface area contributed by atoms with Crippen molar-refractivity contribution in [2.45, 2.75) is 24.3 Å². The van der Waals surface area contributed by atoms with Gasteiger partial charge in [0.1, 0.15) is 0 Å². The first kappa shape index (κ1) is 17.1. The molecule has 7 heteroatoms. The number of thiophene rings is 1. The predicted octanol–water partition coefficient (Wildman–Crippen LogP) is 2.47. The maximum absolute atomic E-state index is 12.7. The van der Waals surface area contributed by atoms with Crippen molar-refractivity contribution in [1.82, 2.24) is 9.62 Å². The van der Waals surface area contributed by atoms with Crippen molar-refractivity contribution in [2.24, 2.45) is 5.92 Å². The quantitative estimate of drug-likeness (QED) is 0.886. The van der Waals surface area contributed by atoms with E-state index in [1.807, 2.05) is 17.5 Å². The molecule has 5 nitrogen and oxygen atoms in total. The molecule has 1 fully saturated rings. The number of sulfonamides is 1. The van der Waals surface area contributed by atoms with Crippen LogP contribution in [0.4, 0.5) is 0 Å². The first-order valence-corrected chi connectivity index (χ1v) is 10.2. The van der Waals surface area contributed by atoms with Crippen LogP contribution in [0.3, 0.4) is 0 Å². The van der Waals surface area contributed by atoms with Crippen molar-refractivity contribution in [3.63, 3.8) is 0 Å². The zero-order valence-electron chi connectivity index (χ0n) is 13.2. The summed E-state index contributed by atoms with van der Waals surface area (Å²) in [5.74, 6) is -0.367.